The van der Waals surface area contributed by atoms with E-state index in [0.29, 0.717) is 11.5 Å². The SMILES string of the molecule is [Pt].[c-]1c(Oc2[c-]c3c(cc2)c2ccccc2n3-c2cc(C3(c4ccccc4)CCCCC3)ccn2)cccc1N1[CH-]N(c2c(-c3ccccc3)cccc2-c2ccccc2)c2ccccc21. The van der Waals surface area contributed by atoms with Crippen LogP contribution in [-0.2, 0) is 26.5 Å². The van der Waals surface area contributed by atoms with Crippen LogP contribution < -0.4 is 14.5 Å². The molecule has 0 saturated heterocycles. The number of benzene rings is 8. The Bertz CT molecular complexity index is 3270. The molecule has 0 atom stereocenters. The first-order chi connectivity index (χ1) is 32.2. The van der Waals surface area contributed by atoms with E-state index in [1.54, 1.807) is 0 Å². The normalized spacial score (nSPS) is 14.2. The van der Waals surface area contributed by atoms with Crippen molar-refractivity contribution in [2.75, 3.05) is 9.80 Å². The van der Waals surface area contributed by atoms with Gasteiger partial charge in [-0.15, -0.1) is 48.1 Å². The Morgan fingerprint density at radius 1 is 0.515 bits per heavy atom. The van der Waals surface area contributed by atoms with E-state index in [0.717, 1.165) is 85.5 Å². The van der Waals surface area contributed by atoms with Gasteiger partial charge in [-0.05, 0) is 70.8 Å². The van der Waals surface area contributed by atoms with Gasteiger partial charge < -0.3 is 19.1 Å². The van der Waals surface area contributed by atoms with Gasteiger partial charge in [-0.25, -0.2) is 4.98 Å². The predicted molar refractivity (Wildman–Crippen MR) is 265 cm³/mol. The Morgan fingerprint density at radius 2 is 1.14 bits per heavy atom. The van der Waals surface area contributed by atoms with Gasteiger partial charge in [0, 0.05) is 77.9 Å². The number of nitrogens with zero attached hydrogens (tertiary/aromatic N) is 4. The van der Waals surface area contributed by atoms with Crippen LogP contribution in [0.15, 0.2) is 206 Å². The second kappa shape index (κ2) is 17.6. The molecule has 10 aromatic rings. The molecule has 0 spiro atoms. The molecule has 0 amide bonds. The summed E-state index contributed by atoms with van der Waals surface area (Å²) in [5.41, 5.74) is 13.4. The summed E-state index contributed by atoms with van der Waals surface area (Å²) in [6.45, 7) is 2.18. The smallest absolute Gasteiger partial charge is 0.135 e. The molecule has 66 heavy (non-hydrogen) atoms. The average Bonchev–Trinajstić information content (AvgIpc) is 3.93. The second-order valence-corrected chi connectivity index (χ2v) is 17.1. The number of aromatic nitrogens is 2. The third-order valence-corrected chi connectivity index (χ3v) is 13.4. The van der Waals surface area contributed by atoms with Crippen LogP contribution in [0.5, 0.6) is 11.5 Å². The minimum Gasteiger partial charge on any atom is -0.509 e. The van der Waals surface area contributed by atoms with Gasteiger partial charge in [0.05, 0.1) is 0 Å². The van der Waals surface area contributed by atoms with Crippen molar-refractivity contribution in [1.29, 1.82) is 0 Å². The number of pyridine rings is 1. The maximum absolute atomic E-state index is 6.72. The average molecular weight is 1030 g/mol. The fraction of sp³-hybridized carbons (Fsp3) is 0.100. The first kappa shape index (κ1) is 41.5. The summed E-state index contributed by atoms with van der Waals surface area (Å²) in [4.78, 5) is 9.57. The monoisotopic (exact) mass is 1030 g/mol. The Kier molecular flexibility index (Phi) is 11.1. The second-order valence-electron chi connectivity index (χ2n) is 17.1. The van der Waals surface area contributed by atoms with Crippen LogP contribution in [0.2, 0.25) is 0 Å². The Balaban J connectivity index is 0.00000481. The topological polar surface area (TPSA) is 33.5 Å². The molecule has 6 heteroatoms. The molecule has 2 aliphatic rings. The Morgan fingerprint density at radius 3 is 1.86 bits per heavy atom. The van der Waals surface area contributed by atoms with Gasteiger partial charge >= 0.3 is 0 Å². The molecule has 0 unspecified atom stereocenters. The van der Waals surface area contributed by atoms with Crippen LogP contribution in [0.3, 0.4) is 0 Å². The van der Waals surface area contributed by atoms with Crippen LogP contribution in [0.4, 0.5) is 22.7 Å². The zero-order valence-electron chi connectivity index (χ0n) is 36.3. The fourth-order valence-electron chi connectivity index (χ4n) is 10.4. The number of fused-ring (bicyclic) bond motifs is 4. The van der Waals surface area contributed by atoms with Crippen LogP contribution >= 0.6 is 0 Å². The third kappa shape index (κ3) is 7.29. The molecule has 3 heterocycles. The van der Waals surface area contributed by atoms with Crippen molar-refractivity contribution in [3.8, 4) is 39.6 Å². The van der Waals surface area contributed by atoms with Crippen LogP contribution in [0.25, 0.3) is 49.9 Å². The summed E-state index contributed by atoms with van der Waals surface area (Å²) in [5, 5.41) is 2.25. The zero-order chi connectivity index (χ0) is 43.2. The summed E-state index contributed by atoms with van der Waals surface area (Å²) in [6, 6.07) is 78.2. The van der Waals surface area contributed by atoms with Gasteiger partial charge in [0.25, 0.3) is 0 Å². The molecule has 1 saturated carbocycles. The van der Waals surface area contributed by atoms with E-state index in [9.17, 15) is 0 Å². The van der Waals surface area contributed by atoms with Crippen molar-refractivity contribution in [1.82, 2.24) is 9.55 Å². The Hall–Kier alpha value is -7.20. The quantitative estimate of drug-likeness (QED) is 0.135. The number of rotatable bonds is 9. The van der Waals surface area contributed by atoms with Crippen LogP contribution in [0.1, 0.15) is 43.2 Å². The van der Waals surface area contributed by atoms with Crippen molar-refractivity contribution in [3.63, 3.8) is 0 Å². The molecule has 0 N–H and O–H groups in total. The molecular formula is C60H45N4OPt-3. The minimum absolute atomic E-state index is 0. The van der Waals surface area contributed by atoms with Crippen LogP contribution in [0, 0.1) is 18.8 Å². The van der Waals surface area contributed by atoms with E-state index in [4.69, 9.17) is 9.72 Å². The molecule has 1 fully saturated rings. The van der Waals surface area contributed by atoms with E-state index < -0.39 is 0 Å². The van der Waals surface area contributed by atoms with Crippen LogP contribution in [-0.4, -0.2) is 9.55 Å². The summed E-state index contributed by atoms with van der Waals surface area (Å²) >= 11 is 0. The van der Waals surface area contributed by atoms with E-state index in [1.807, 2.05) is 24.4 Å². The standard InChI is InChI=1S/C60H45N4O.Pt/c1-5-19-43(20-6-1)50-28-18-29-51(44-21-7-2-8-22-44)59(50)63-42-62(55-31-13-14-32-56(55)63)47-25-17-26-48(40-47)65-49-33-34-53-52-27-11-12-30-54(52)64(57(53)41-49)58-39-46(35-38-61-58)60(36-15-4-16-37-60)45-23-9-3-10-24-45;/h1-3,5-14,17-35,38-39,42H,4,15-16,36-37H2;/q-3;. The zero-order valence-corrected chi connectivity index (χ0v) is 38.5. The number of ether oxygens (including phenoxy) is 1. The summed E-state index contributed by atoms with van der Waals surface area (Å²) < 4.78 is 8.98. The molecule has 12 rings (SSSR count). The van der Waals surface area contributed by atoms with Crippen molar-refractivity contribution >= 4 is 44.6 Å². The summed E-state index contributed by atoms with van der Waals surface area (Å²) in [5.74, 6) is 2.09. The van der Waals surface area contributed by atoms with Crippen molar-refractivity contribution in [2.24, 2.45) is 0 Å². The largest absolute Gasteiger partial charge is 0.509 e. The van der Waals surface area contributed by atoms with Gasteiger partial charge in [-0.3, -0.25) is 0 Å². The van der Waals surface area contributed by atoms with Crippen molar-refractivity contribution in [3.05, 3.63) is 236 Å². The van der Waals surface area contributed by atoms with E-state index in [2.05, 4.69) is 215 Å². The first-order valence-corrected chi connectivity index (χ1v) is 22.7. The predicted octanol–water partition coefficient (Wildman–Crippen LogP) is 15.6. The molecule has 0 bridgehead atoms. The van der Waals surface area contributed by atoms with Gasteiger partial charge in [0.1, 0.15) is 5.82 Å². The molecule has 8 aromatic carbocycles. The van der Waals surface area contributed by atoms with E-state index in [-0.39, 0.29) is 26.5 Å². The molecule has 324 valence electrons. The van der Waals surface area contributed by atoms with E-state index >= 15 is 0 Å². The number of hydrogen-bond donors (Lipinski definition) is 0. The third-order valence-electron chi connectivity index (χ3n) is 13.4. The summed E-state index contributed by atoms with van der Waals surface area (Å²) in [7, 11) is 0. The number of hydrogen-bond acceptors (Lipinski definition) is 4. The van der Waals surface area contributed by atoms with Crippen molar-refractivity contribution < 1.29 is 25.8 Å². The van der Waals surface area contributed by atoms with Crippen molar-refractivity contribution in [2.45, 2.75) is 37.5 Å². The fourth-order valence-corrected chi connectivity index (χ4v) is 10.4. The van der Waals surface area contributed by atoms with Gasteiger partial charge in [0.15, 0.2) is 0 Å². The number of anilines is 4. The molecule has 1 aliphatic carbocycles. The molecule has 5 nitrogen and oxygen atoms in total. The number of para-hydroxylation sites is 4. The maximum Gasteiger partial charge on any atom is 0.135 e. The van der Waals surface area contributed by atoms with Gasteiger partial charge in [0.2, 0.25) is 0 Å². The molecule has 2 aromatic heterocycles. The molecular weight excluding hydrogens is 988 g/mol. The van der Waals surface area contributed by atoms with Gasteiger partial charge in [-0.2, -0.15) is 12.1 Å². The summed E-state index contributed by atoms with van der Waals surface area (Å²) in [6.07, 6.45) is 7.95. The minimum atomic E-state index is -0.0470. The molecule has 0 radical (unpaired) electrons. The van der Waals surface area contributed by atoms with Gasteiger partial charge in [-0.1, -0.05) is 164 Å². The van der Waals surface area contributed by atoms with E-state index in [1.165, 1.54) is 30.4 Å². The molecule has 1 aliphatic heterocycles. The maximum atomic E-state index is 6.72. The Labute approximate surface area is 400 Å². The first-order valence-electron chi connectivity index (χ1n) is 22.7.